The first-order valence-electron chi connectivity index (χ1n) is 2.99. The van der Waals surface area contributed by atoms with Crippen molar-refractivity contribution in [2.45, 2.75) is 25.5 Å². The maximum absolute atomic E-state index is 10.9. The first kappa shape index (κ1) is 6.71. The highest BCUT2D eigenvalue weighted by molar-refractivity contribution is 5.91. The molecule has 52 valence electrons. The Morgan fingerprint density at radius 1 is 1.89 bits per heavy atom. The summed E-state index contributed by atoms with van der Waals surface area (Å²) < 4.78 is 5.01. The largest absolute Gasteiger partial charge is 0.368 e. The van der Waals surface area contributed by atoms with Gasteiger partial charge < -0.3 is 10.5 Å². The molecule has 3 heteroatoms. The first-order valence-corrected chi connectivity index (χ1v) is 2.99. The predicted octanol–water partition coefficient (Wildman–Crippen LogP) is -0.308. The highest BCUT2D eigenvalue weighted by atomic mass is 16.5. The van der Waals surface area contributed by atoms with Crippen LogP contribution in [0.4, 0.5) is 0 Å². The van der Waals surface area contributed by atoms with Gasteiger partial charge >= 0.3 is 0 Å². The van der Waals surface area contributed by atoms with E-state index in [0.29, 0.717) is 0 Å². The number of carbonyl (C=O) groups excluding carboxylic acids is 1. The van der Waals surface area contributed by atoms with Crippen LogP contribution in [0.15, 0.2) is 0 Å². The molecule has 0 spiro atoms. The van der Waals surface area contributed by atoms with Gasteiger partial charge in [0, 0.05) is 0 Å². The van der Waals surface area contributed by atoms with Crippen molar-refractivity contribution in [3.63, 3.8) is 0 Å². The monoisotopic (exact) mass is 129 g/mol. The third-order valence-corrected chi connectivity index (χ3v) is 1.91. The smallest absolute Gasteiger partial charge is 0.180 e. The summed E-state index contributed by atoms with van der Waals surface area (Å²) in [5, 5.41) is 0. The third kappa shape index (κ3) is 0.862. The number of nitrogens with two attached hydrogens (primary N) is 1. The van der Waals surface area contributed by atoms with Gasteiger partial charge in [-0.05, 0) is 13.8 Å². The van der Waals surface area contributed by atoms with Gasteiger partial charge in [0.25, 0.3) is 0 Å². The van der Waals surface area contributed by atoms with E-state index in [0.717, 1.165) is 0 Å². The quantitative estimate of drug-likeness (QED) is 0.488. The molecule has 1 rings (SSSR count). The van der Waals surface area contributed by atoms with E-state index in [2.05, 4.69) is 0 Å². The van der Waals surface area contributed by atoms with Crippen LogP contribution in [-0.4, -0.2) is 24.0 Å². The number of hydrogen-bond acceptors (Lipinski definition) is 3. The molecule has 0 bridgehead atoms. The summed E-state index contributed by atoms with van der Waals surface area (Å²) in [6.07, 6.45) is -0.134. The standard InChI is InChI=1S/C6H11NO2/c1-4-6(2,7)5(8)3-9-4/h4H,3,7H2,1-2H3/t4?,6-/m0/s1. The van der Waals surface area contributed by atoms with Crippen molar-refractivity contribution in [3.8, 4) is 0 Å². The molecule has 0 aromatic rings. The zero-order valence-corrected chi connectivity index (χ0v) is 5.68. The maximum Gasteiger partial charge on any atom is 0.180 e. The zero-order chi connectivity index (χ0) is 7.07. The van der Waals surface area contributed by atoms with E-state index in [1.807, 2.05) is 6.92 Å². The number of ether oxygens (including phenoxy) is 1. The van der Waals surface area contributed by atoms with Gasteiger partial charge in [-0.3, -0.25) is 4.79 Å². The van der Waals surface area contributed by atoms with E-state index in [-0.39, 0.29) is 18.5 Å². The SMILES string of the molecule is CC1OCC(=O)[C@@]1(C)N. The van der Waals surface area contributed by atoms with Gasteiger partial charge in [-0.2, -0.15) is 0 Å². The van der Waals surface area contributed by atoms with E-state index in [4.69, 9.17) is 10.5 Å². The minimum absolute atomic E-state index is 0.00463. The first-order chi connectivity index (χ1) is 4.05. The van der Waals surface area contributed by atoms with Crippen LogP contribution < -0.4 is 5.73 Å². The summed E-state index contributed by atoms with van der Waals surface area (Å²) in [6, 6.07) is 0. The van der Waals surface area contributed by atoms with E-state index in [1.54, 1.807) is 6.92 Å². The molecule has 0 aromatic carbocycles. The van der Waals surface area contributed by atoms with Crippen molar-refractivity contribution in [2.24, 2.45) is 5.73 Å². The average Bonchev–Trinajstić information content (AvgIpc) is 1.96. The van der Waals surface area contributed by atoms with Crippen LogP contribution in [0.5, 0.6) is 0 Å². The second kappa shape index (κ2) is 1.78. The van der Waals surface area contributed by atoms with Crippen LogP contribution in [0.1, 0.15) is 13.8 Å². The molecule has 0 aromatic heterocycles. The van der Waals surface area contributed by atoms with Crippen LogP contribution in [0.2, 0.25) is 0 Å². The van der Waals surface area contributed by atoms with Gasteiger partial charge in [0.15, 0.2) is 5.78 Å². The summed E-state index contributed by atoms with van der Waals surface area (Å²) in [5.74, 6) is -0.00463. The molecule has 2 atom stereocenters. The molecule has 1 fully saturated rings. The summed E-state index contributed by atoms with van der Waals surface area (Å²) in [5.41, 5.74) is 4.84. The van der Waals surface area contributed by atoms with Gasteiger partial charge in [-0.15, -0.1) is 0 Å². The molecule has 1 heterocycles. The molecule has 1 aliphatic rings. The Kier molecular flexibility index (Phi) is 1.33. The molecule has 1 aliphatic heterocycles. The lowest BCUT2D eigenvalue weighted by atomic mass is 9.95. The topological polar surface area (TPSA) is 52.3 Å². The predicted molar refractivity (Wildman–Crippen MR) is 33.0 cm³/mol. The second-order valence-corrected chi connectivity index (χ2v) is 2.66. The maximum atomic E-state index is 10.9. The Labute approximate surface area is 54.2 Å². The summed E-state index contributed by atoms with van der Waals surface area (Å²) in [6.45, 7) is 3.69. The zero-order valence-electron chi connectivity index (χ0n) is 5.68. The van der Waals surface area contributed by atoms with Crippen LogP contribution in [0, 0.1) is 0 Å². The van der Waals surface area contributed by atoms with Gasteiger partial charge in [0.1, 0.15) is 12.1 Å². The number of hydrogen-bond donors (Lipinski definition) is 1. The van der Waals surface area contributed by atoms with E-state index in [9.17, 15) is 4.79 Å². The van der Waals surface area contributed by atoms with Gasteiger partial charge in [-0.25, -0.2) is 0 Å². The minimum Gasteiger partial charge on any atom is -0.368 e. The molecule has 0 saturated carbocycles. The van der Waals surface area contributed by atoms with Crippen LogP contribution in [0.25, 0.3) is 0 Å². The molecule has 0 aliphatic carbocycles. The second-order valence-electron chi connectivity index (χ2n) is 2.66. The van der Waals surface area contributed by atoms with Gasteiger partial charge in [0.2, 0.25) is 0 Å². The van der Waals surface area contributed by atoms with E-state index < -0.39 is 5.54 Å². The lowest BCUT2D eigenvalue weighted by Crippen LogP contribution is -2.48. The third-order valence-electron chi connectivity index (χ3n) is 1.91. The Morgan fingerprint density at radius 2 is 2.44 bits per heavy atom. The van der Waals surface area contributed by atoms with Gasteiger partial charge in [0.05, 0.1) is 6.10 Å². The van der Waals surface area contributed by atoms with Crippen LogP contribution in [-0.2, 0) is 9.53 Å². The number of Topliss-reactive ketones (excluding diaryl/α,β-unsaturated/α-hetero) is 1. The Balaban J connectivity index is 2.78. The average molecular weight is 129 g/mol. The Hall–Kier alpha value is -0.410. The molecule has 9 heavy (non-hydrogen) atoms. The molecular weight excluding hydrogens is 118 g/mol. The van der Waals surface area contributed by atoms with E-state index in [1.165, 1.54) is 0 Å². The highest BCUT2D eigenvalue weighted by Crippen LogP contribution is 2.18. The molecule has 0 radical (unpaired) electrons. The highest BCUT2D eigenvalue weighted by Gasteiger charge is 2.41. The molecule has 0 amide bonds. The summed E-state index contributed by atoms with van der Waals surface area (Å²) in [7, 11) is 0. The lowest BCUT2D eigenvalue weighted by molar-refractivity contribution is -0.121. The van der Waals surface area contributed by atoms with Crippen molar-refractivity contribution in [1.82, 2.24) is 0 Å². The van der Waals surface area contributed by atoms with E-state index >= 15 is 0 Å². The Morgan fingerprint density at radius 3 is 2.56 bits per heavy atom. The van der Waals surface area contributed by atoms with Crippen molar-refractivity contribution >= 4 is 5.78 Å². The minimum atomic E-state index is -0.750. The molecule has 1 saturated heterocycles. The van der Waals surface area contributed by atoms with Crippen molar-refractivity contribution in [3.05, 3.63) is 0 Å². The fraction of sp³-hybridized carbons (Fsp3) is 0.833. The van der Waals surface area contributed by atoms with Crippen LogP contribution in [0.3, 0.4) is 0 Å². The molecule has 1 unspecified atom stereocenters. The van der Waals surface area contributed by atoms with Crippen LogP contribution >= 0.6 is 0 Å². The Bertz CT molecular complexity index is 142. The summed E-state index contributed by atoms with van der Waals surface area (Å²) in [4.78, 5) is 10.9. The fourth-order valence-corrected chi connectivity index (χ4v) is 0.756. The summed E-state index contributed by atoms with van der Waals surface area (Å²) >= 11 is 0. The molecular formula is C6H11NO2. The van der Waals surface area contributed by atoms with Crippen molar-refractivity contribution in [2.75, 3.05) is 6.61 Å². The van der Waals surface area contributed by atoms with Crippen molar-refractivity contribution < 1.29 is 9.53 Å². The van der Waals surface area contributed by atoms with Crippen molar-refractivity contribution in [1.29, 1.82) is 0 Å². The molecule has 2 N–H and O–H groups in total. The number of ketones is 1. The number of rotatable bonds is 0. The van der Waals surface area contributed by atoms with Gasteiger partial charge in [-0.1, -0.05) is 0 Å². The normalized spacial score (nSPS) is 43.9. The number of carbonyl (C=O) groups is 1. The fourth-order valence-electron chi connectivity index (χ4n) is 0.756. The lowest BCUT2D eigenvalue weighted by Gasteiger charge is -2.18. The molecule has 3 nitrogen and oxygen atoms in total.